The number of hydrogen-bond acceptors (Lipinski definition) is 4. The summed E-state index contributed by atoms with van der Waals surface area (Å²) in [6.45, 7) is 0.586. The molecule has 1 unspecified atom stereocenters. The SMILES string of the molecule is CNOCCCC1CCCS1(=O)=O. The quantitative estimate of drug-likeness (QED) is 0.527. The van der Waals surface area contributed by atoms with Gasteiger partial charge in [-0.05, 0) is 25.7 Å². The Bertz CT molecular complexity index is 238. The topological polar surface area (TPSA) is 55.4 Å². The van der Waals surface area contributed by atoms with E-state index in [0.717, 1.165) is 25.7 Å². The van der Waals surface area contributed by atoms with Crippen LogP contribution in [0.5, 0.6) is 0 Å². The molecule has 1 aliphatic rings. The number of rotatable bonds is 5. The lowest BCUT2D eigenvalue weighted by atomic mass is 10.2. The Morgan fingerprint density at radius 1 is 1.54 bits per heavy atom. The summed E-state index contributed by atoms with van der Waals surface area (Å²) in [4.78, 5) is 4.92. The zero-order valence-electron chi connectivity index (χ0n) is 7.95. The molecule has 1 rings (SSSR count). The van der Waals surface area contributed by atoms with Gasteiger partial charge in [-0.25, -0.2) is 13.9 Å². The van der Waals surface area contributed by atoms with Crippen LogP contribution in [-0.4, -0.2) is 33.1 Å². The van der Waals surface area contributed by atoms with Gasteiger partial charge in [-0.3, -0.25) is 0 Å². The number of hydrogen-bond donors (Lipinski definition) is 1. The second-order valence-corrected chi connectivity index (χ2v) is 5.73. The van der Waals surface area contributed by atoms with Crippen LogP contribution in [0.1, 0.15) is 25.7 Å². The molecule has 1 aliphatic heterocycles. The average molecular weight is 207 g/mol. The third-order valence-corrected chi connectivity index (χ3v) is 4.72. The normalized spacial score (nSPS) is 26.4. The van der Waals surface area contributed by atoms with Crippen molar-refractivity contribution >= 4 is 9.84 Å². The predicted molar refractivity (Wildman–Crippen MR) is 51.1 cm³/mol. The summed E-state index contributed by atoms with van der Waals surface area (Å²) >= 11 is 0. The Kier molecular flexibility index (Phi) is 4.15. The highest BCUT2D eigenvalue weighted by atomic mass is 32.2. The van der Waals surface area contributed by atoms with Gasteiger partial charge in [-0.15, -0.1) is 0 Å². The van der Waals surface area contributed by atoms with Crippen molar-refractivity contribution in [3.8, 4) is 0 Å². The van der Waals surface area contributed by atoms with Crippen molar-refractivity contribution in [2.45, 2.75) is 30.9 Å². The fourth-order valence-electron chi connectivity index (χ4n) is 1.67. The molecule has 0 bridgehead atoms. The molecule has 4 nitrogen and oxygen atoms in total. The third-order valence-electron chi connectivity index (χ3n) is 2.38. The number of nitrogens with one attached hydrogen (secondary N) is 1. The fourth-order valence-corrected chi connectivity index (χ4v) is 3.62. The van der Waals surface area contributed by atoms with E-state index >= 15 is 0 Å². The molecule has 5 heteroatoms. The first kappa shape index (κ1) is 10.9. The molecule has 0 aliphatic carbocycles. The van der Waals surface area contributed by atoms with Crippen LogP contribution in [0.4, 0.5) is 0 Å². The molecule has 0 aromatic heterocycles. The van der Waals surface area contributed by atoms with Crippen LogP contribution >= 0.6 is 0 Å². The first-order chi connectivity index (χ1) is 6.17. The molecule has 1 saturated heterocycles. The predicted octanol–water partition coefficient (Wildman–Crippen LogP) is 0.495. The Morgan fingerprint density at radius 3 is 2.85 bits per heavy atom. The van der Waals surface area contributed by atoms with Crippen molar-refractivity contribution in [1.29, 1.82) is 0 Å². The summed E-state index contributed by atoms with van der Waals surface area (Å²) in [6.07, 6.45) is 3.22. The molecule has 0 spiro atoms. The van der Waals surface area contributed by atoms with Crippen LogP contribution in [-0.2, 0) is 14.7 Å². The molecular formula is C8H17NO3S. The van der Waals surface area contributed by atoms with E-state index in [-0.39, 0.29) is 5.25 Å². The highest BCUT2D eigenvalue weighted by Crippen LogP contribution is 2.23. The standard InChI is InChI=1S/C8H17NO3S/c1-9-12-6-2-4-8-5-3-7-13(8,10)11/h8-9H,2-7H2,1H3. The number of sulfone groups is 1. The van der Waals surface area contributed by atoms with Gasteiger partial charge < -0.3 is 4.84 Å². The highest BCUT2D eigenvalue weighted by Gasteiger charge is 2.30. The molecule has 0 aromatic carbocycles. The summed E-state index contributed by atoms with van der Waals surface area (Å²) in [5.41, 5.74) is 2.56. The van der Waals surface area contributed by atoms with Crippen molar-refractivity contribution in [2.24, 2.45) is 0 Å². The molecule has 78 valence electrons. The number of hydroxylamine groups is 1. The molecule has 1 atom stereocenters. The van der Waals surface area contributed by atoms with Gasteiger partial charge in [0.1, 0.15) is 0 Å². The van der Waals surface area contributed by atoms with Crippen molar-refractivity contribution in [3.05, 3.63) is 0 Å². The maximum Gasteiger partial charge on any atom is 0.153 e. The Hall–Kier alpha value is -0.130. The van der Waals surface area contributed by atoms with Crippen molar-refractivity contribution in [2.75, 3.05) is 19.4 Å². The Balaban J connectivity index is 2.22. The lowest BCUT2D eigenvalue weighted by Gasteiger charge is -2.08. The fraction of sp³-hybridized carbons (Fsp3) is 1.00. The monoisotopic (exact) mass is 207 g/mol. The van der Waals surface area contributed by atoms with Gasteiger partial charge in [0, 0.05) is 7.05 Å². The van der Waals surface area contributed by atoms with Crippen LogP contribution in [0.25, 0.3) is 0 Å². The molecule has 1 heterocycles. The molecule has 13 heavy (non-hydrogen) atoms. The lowest BCUT2D eigenvalue weighted by molar-refractivity contribution is 0.0552. The van der Waals surface area contributed by atoms with Crippen molar-refractivity contribution in [1.82, 2.24) is 5.48 Å². The molecule has 1 N–H and O–H groups in total. The summed E-state index contributed by atoms with van der Waals surface area (Å²) < 4.78 is 22.7. The van der Waals surface area contributed by atoms with Gasteiger partial charge in [0.2, 0.25) is 0 Å². The minimum absolute atomic E-state index is 0.104. The maximum absolute atomic E-state index is 11.4. The molecule has 0 amide bonds. The Labute approximate surface area is 79.5 Å². The first-order valence-corrected chi connectivity index (χ1v) is 6.38. The minimum atomic E-state index is -2.75. The third kappa shape index (κ3) is 3.25. The van der Waals surface area contributed by atoms with E-state index in [4.69, 9.17) is 4.84 Å². The average Bonchev–Trinajstić information content (AvgIpc) is 2.40. The van der Waals surface area contributed by atoms with E-state index in [0.29, 0.717) is 12.4 Å². The second-order valence-electron chi connectivity index (χ2n) is 3.33. The Morgan fingerprint density at radius 2 is 2.31 bits per heavy atom. The van der Waals surface area contributed by atoms with Gasteiger partial charge in [0.05, 0.1) is 17.6 Å². The maximum atomic E-state index is 11.4. The highest BCUT2D eigenvalue weighted by molar-refractivity contribution is 7.92. The van der Waals surface area contributed by atoms with Gasteiger partial charge >= 0.3 is 0 Å². The van der Waals surface area contributed by atoms with Crippen LogP contribution < -0.4 is 5.48 Å². The van der Waals surface area contributed by atoms with E-state index in [2.05, 4.69) is 5.48 Å². The molecule has 1 fully saturated rings. The minimum Gasteiger partial charge on any atom is -0.302 e. The molecule has 0 saturated carbocycles. The largest absolute Gasteiger partial charge is 0.302 e. The summed E-state index contributed by atoms with van der Waals surface area (Å²) in [5, 5.41) is -0.104. The molecular weight excluding hydrogens is 190 g/mol. The van der Waals surface area contributed by atoms with Crippen molar-refractivity contribution in [3.63, 3.8) is 0 Å². The van der Waals surface area contributed by atoms with Gasteiger partial charge in [0.15, 0.2) is 9.84 Å². The summed E-state index contributed by atoms with van der Waals surface area (Å²) in [7, 11) is -1.05. The van der Waals surface area contributed by atoms with Gasteiger partial charge in [0.25, 0.3) is 0 Å². The lowest BCUT2D eigenvalue weighted by Crippen LogP contribution is -2.17. The smallest absolute Gasteiger partial charge is 0.153 e. The first-order valence-electron chi connectivity index (χ1n) is 4.67. The van der Waals surface area contributed by atoms with Crippen LogP contribution in [0.15, 0.2) is 0 Å². The van der Waals surface area contributed by atoms with Crippen LogP contribution in [0, 0.1) is 0 Å². The van der Waals surface area contributed by atoms with Gasteiger partial charge in [-0.1, -0.05) is 0 Å². The van der Waals surface area contributed by atoms with E-state index < -0.39 is 9.84 Å². The van der Waals surface area contributed by atoms with E-state index in [1.807, 2.05) is 0 Å². The van der Waals surface area contributed by atoms with Gasteiger partial charge in [-0.2, -0.15) is 0 Å². The summed E-state index contributed by atoms with van der Waals surface area (Å²) in [6, 6.07) is 0. The molecule has 0 aromatic rings. The van der Waals surface area contributed by atoms with Crippen molar-refractivity contribution < 1.29 is 13.3 Å². The van der Waals surface area contributed by atoms with Crippen LogP contribution in [0.3, 0.4) is 0 Å². The zero-order valence-corrected chi connectivity index (χ0v) is 8.77. The van der Waals surface area contributed by atoms with E-state index in [1.165, 1.54) is 0 Å². The van der Waals surface area contributed by atoms with E-state index in [9.17, 15) is 8.42 Å². The van der Waals surface area contributed by atoms with Crippen LogP contribution in [0.2, 0.25) is 0 Å². The zero-order chi connectivity index (χ0) is 9.73. The molecule has 0 radical (unpaired) electrons. The summed E-state index contributed by atoms with van der Waals surface area (Å²) in [5.74, 6) is 0.380. The van der Waals surface area contributed by atoms with E-state index in [1.54, 1.807) is 7.05 Å². The second kappa shape index (κ2) is 4.93.